The van der Waals surface area contributed by atoms with Crippen LogP contribution in [-0.4, -0.2) is 23.0 Å². The van der Waals surface area contributed by atoms with Gasteiger partial charge in [0.2, 0.25) is 0 Å². The van der Waals surface area contributed by atoms with E-state index in [2.05, 4.69) is 30.2 Å². The first-order chi connectivity index (χ1) is 7.99. The van der Waals surface area contributed by atoms with Crippen molar-refractivity contribution in [2.75, 3.05) is 13.1 Å². The molecule has 0 aliphatic carbocycles. The zero-order valence-corrected chi connectivity index (χ0v) is 12.2. The van der Waals surface area contributed by atoms with E-state index in [-0.39, 0.29) is 5.41 Å². The Hall–Kier alpha value is -0.450. The van der Waals surface area contributed by atoms with Crippen molar-refractivity contribution in [2.24, 2.45) is 11.1 Å². The van der Waals surface area contributed by atoms with Crippen molar-refractivity contribution in [1.82, 2.24) is 4.90 Å². The summed E-state index contributed by atoms with van der Waals surface area (Å²) in [5.41, 5.74) is 7.25. The lowest BCUT2D eigenvalue weighted by atomic mass is 9.89. The van der Waals surface area contributed by atoms with E-state index in [9.17, 15) is 0 Å². The summed E-state index contributed by atoms with van der Waals surface area (Å²) in [5, 5.41) is 2.20. The van der Waals surface area contributed by atoms with Gasteiger partial charge in [0.15, 0.2) is 0 Å². The van der Waals surface area contributed by atoms with Gasteiger partial charge in [-0.05, 0) is 36.4 Å². The van der Waals surface area contributed by atoms with Gasteiger partial charge in [0.25, 0.3) is 0 Å². The first-order valence-electron chi connectivity index (χ1n) is 6.06. The highest BCUT2D eigenvalue weighted by atomic mass is 32.1. The summed E-state index contributed by atoms with van der Waals surface area (Å²) < 4.78 is 0. The molecule has 1 aliphatic rings. The number of nitrogens with two attached hydrogens (primary N) is 1. The minimum Gasteiger partial charge on any atom is -0.393 e. The van der Waals surface area contributed by atoms with Crippen LogP contribution in [0, 0.1) is 5.41 Å². The monoisotopic (exact) mass is 268 g/mol. The highest BCUT2D eigenvalue weighted by Gasteiger charge is 2.24. The number of hydrogen-bond donors (Lipinski definition) is 1. The van der Waals surface area contributed by atoms with Gasteiger partial charge in [-0.1, -0.05) is 26.1 Å². The van der Waals surface area contributed by atoms with Crippen LogP contribution >= 0.6 is 23.6 Å². The first kappa shape index (κ1) is 13.0. The van der Waals surface area contributed by atoms with Crippen LogP contribution < -0.4 is 5.73 Å². The Morgan fingerprint density at radius 2 is 2.35 bits per heavy atom. The molecule has 2 heterocycles. The Kier molecular flexibility index (Phi) is 3.85. The molecule has 1 aromatic heterocycles. The third-order valence-corrected chi connectivity index (χ3v) is 5.18. The molecule has 0 spiro atoms. The van der Waals surface area contributed by atoms with Crippen molar-refractivity contribution in [3.05, 3.63) is 21.9 Å². The van der Waals surface area contributed by atoms with Gasteiger partial charge in [0, 0.05) is 23.4 Å². The predicted molar refractivity (Wildman–Crippen MR) is 78.5 cm³/mol. The molecule has 0 atom stereocenters. The maximum atomic E-state index is 5.76. The molecule has 2 nitrogen and oxygen atoms in total. The van der Waals surface area contributed by atoms with Gasteiger partial charge in [0.1, 0.15) is 0 Å². The van der Waals surface area contributed by atoms with Crippen molar-refractivity contribution >= 4 is 28.5 Å². The predicted octanol–water partition coefficient (Wildman–Crippen LogP) is 2.81. The summed E-state index contributed by atoms with van der Waals surface area (Å²) in [6, 6.07) is 2.25. The molecule has 0 saturated carbocycles. The first-order valence-corrected chi connectivity index (χ1v) is 7.35. The normalized spacial score (nSPS) is 16.8. The number of thiophene rings is 1. The second kappa shape index (κ2) is 5.04. The van der Waals surface area contributed by atoms with Gasteiger partial charge < -0.3 is 5.73 Å². The van der Waals surface area contributed by atoms with Crippen LogP contribution in [0.1, 0.15) is 30.7 Å². The molecular formula is C13H20N2S2. The summed E-state index contributed by atoms with van der Waals surface area (Å²) in [5.74, 6) is 0. The van der Waals surface area contributed by atoms with Gasteiger partial charge in [0.05, 0.1) is 4.99 Å². The molecule has 1 aromatic rings. The van der Waals surface area contributed by atoms with Crippen LogP contribution in [-0.2, 0) is 13.0 Å². The molecule has 2 rings (SSSR count). The molecule has 0 fully saturated rings. The van der Waals surface area contributed by atoms with Gasteiger partial charge in [-0.15, -0.1) is 11.3 Å². The summed E-state index contributed by atoms with van der Waals surface area (Å²) in [6.45, 7) is 7.61. The molecule has 1 aliphatic heterocycles. The van der Waals surface area contributed by atoms with Crippen molar-refractivity contribution in [1.29, 1.82) is 0 Å². The fourth-order valence-corrected chi connectivity index (χ4v) is 3.05. The largest absolute Gasteiger partial charge is 0.393 e. The molecule has 4 heteroatoms. The highest BCUT2D eigenvalue weighted by Crippen LogP contribution is 2.26. The van der Waals surface area contributed by atoms with E-state index in [0.29, 0.717) is 4.99 Å². The lowest BCUT2D eigenvalue weighted by molar-refractivity contribution is 0.230. The molecule has 2 N–H and O–H groups in total. The number of rotatable bonds is 4. The smallest absolute Gasteiger partial charge is 0.0784 e. The summed E-state index contributed by atoms with van der Waals surface area (Å²) >= 11 is 7.00. The van der Waals surface area contributed by atoms with Crippen LogP contribution in [0.25, 0.3) is 0 Å². The zero-order valence-electron chi connectivity index (χ0n) is 10.5. The summed E-state index contributed by atoms with van der Waals surface area (Å²) in [7, 11) is 0. The second-order valence-electron chi connectivity index (χ2n) is 5.39. The minimum absolute atomic E-state index is 0.0236. The molecule has 0 unspecified atom stereocenters. The lowest BCUT2D eigenvalue weighted by Crippen LogP contribution is -2.36. The van der Waals surface area contributed by atoms with Gasteiger partial charge >= 0.3 is 0 Å². The third-order valence-electron chi connectivity index (χ3n) is 3.61. The standard InChI is InChI=1S/C13H20N2S2/c1-13(2,12(14)16)5-7-15-6-3-11-10(9-15)4-8-17-11/h4,8H,3,5-7,9H2,1-2H3,(H2,14,16). The highest BCUT2D eigenvalue weighted by molar-refractivity contribution is 7.80. The molecule has 17 heavy (non-hydrogen) atoms. The maximum Gasteiger partial charge on any atom is 0.0784 e. The van der Waals surface area contributed by atoms with Crippen LogP contribution in [0.4, 0.5) is 0 Å². The maximum absolute atomic E-state index is 5.76. The van der Waals surface area contributed by atoms with Crippen LogP contribution in [0.3, 0.4) is 0 Å². The molecule has 0 saturated heterocycles. The quantitative estimate of drug-likeness (QED) is 0.852. The van der Waals surface area contributed by atoms with E-state index in [1.807, 2.05) is 11.3 Å². The van der Waals surface area contributed by atoms with Crippen molar-refractivity contribution < 1.29 is 0 Å². The van der Waals surface area contributed by atoms with E-state index >= 15 is 0 Å². The van der Waals surface area contributed by atoms with Crippen molar-refractivity contribution in [3.8, 4) is 0 Å². The topological polar surface area (TPSA) is 29.3 Å². The van der Waals surface area contributed by atoms with Crippen LogP contribution in [0.2, 0.25) is 0 Å². The molecule has 0 aromatic carbocycles. The number of fused-ring (bicyclic) bond motifs is 1. The number of hydrogen-bond acceptors (Lipinski definition) is 3. The lowest BCUT2D eigenvalue weighted by Gasteiger charge is -2.31. The Labute approximate surface area is 113 Å². The van der Waals surface area contributed by atoms with Gasteiger partial charge in [-0.3, -0.25) is 4.90 Å². The summed E-state index contributed by atoms with van der Waals surface area (Å²) in [6.07, 6.45) is 2.24. The molecular weight excluding hydrogens is 248 g/mol. The van der Waals surface area contributed by atoms with E-state index in [1.54, 1.807) is 4.88 Å². The number of nitrogens with zero attached hydrogens (tertiary/aromatic N) is 1. The fraction of sp³-hybridized carbons (Fsp3) is 0.615. The molecule has 0 bridgehead atoms. The zero-order chi connectivity index (χ0) is 12.5. The second-order valence-corrected chi connectivity index (χ2v) is 6.83. The van der Waals surface area contributed by atoms with Gasteiger partial charge in [-0.2, -0.15) is 0 Å². The molecule has 0 radical (unpaired) electrons. The fourth-order valence-electron chi connectivity index (χ4n) is 2.06. The average molecular weight is 268 g/mol. The van der Waals surface area contributed by atoms with Crippen molar-refractivity contribution in [3.63, 3.8) is 0 Å². The Bertz CT molecular complexity index is 409. The summed E-state index contributed by atoms with van der Waals surface area (Å²) in [4.78, 5) is 4.70. The third kappa shape index (κ3) is 3.06. The van der Waals surface area contributed by atoms with Crippen molar-refractivity contribution in [2.45, 2.75) is 33.2 Å². The Morgan fingerprint density at radius 3 is 3.06 bits per heavy atom. The SMILES string of the molecule is CC(C)(CCN1CCc2sccc2C1)C(N)=S. The van der Waals surface area contributed by atoms with Gasteiger partial charge in [-0.25, -0.2) is 0 Å². The van der Waals surface area contributed by atoms with Crippen LogP contribution in [0.5, 0.6) is 0 Å². The van der Waals surface area contributed by atoms with Crippen LogP contribution in [0.15, 0.2) is 11.4 Å². The van der Waals surface area contributed by atoms with E-state index in [1.165, 1.54) is 18.5 Å². The minimum atomic E-state index is -0.0236. The molecule has 0 amide bonds. The Morgan fingerprint density at radius 1 is 1.59 bits per heavy atom. The molecule has 94 valence electrons. The Balaban J connectivity index is 1.88. The van der Waals surface area contributed by atoms with E-state index in [4.69, 9.17) is 18.0 Å². The van der Waals surface area contributed by atoms with E-state index < -0.39 is 0 Å². The van der Waals surface area contributed by atoms with E-state index in [0.717, 1.165) is 19.5 Å². The number of thiocarbonyl (C=S) groups is 1. The average Bonchev–Trinajstić information content (AvgIpc) is 2.73.